The number of hydrogen-bond donors (Lipinski definition) is 3. The zero-order chi connectivity index (χ0) is 20.2. The van der Waals surface area contributed by atoms with E-state index in [-0.39, 0.29) is 6.61 Å². The van der Waals surface area contributed by atoms with Crippen LogP contribution in [0.25, 0.3) is 6.08 Å². The number of halogens is 1. The van der Waals surface area contributed by atoms with Gasteiger partial charge >= 0.3 is 0 Å². The van der Waals surface area contributed by atoms with Crippen LogP contribution in [0.3, 0.4) is 0 Å². The number of rotatable bonds is 11. The molecular weight excluding hydrogens is 372 g/mol. The van der Waals surface area contributed by atoms with Gasteiger partial charge in [-0.05, 0) is 49.0 Å². The molecule has 0 aliphatic heterocycles. The number of hydrogen-bond acceptors (Lipinski definition) is 4. The number of allylic oxidation sites excluding steroid dienone is 2. The maximum Gasteiger partial charge on any atom is 0.102 e. The van der Waals surface area contributed by atoms with Gasteiger partial charge in [0, 0.05) is 17.6 Å². The molecule has 0 unspecified atom stereocenters. The summed E-state index contributed by atoms with van der Waals surface area (Å²) in [6.07, 6.45) is 12.9. The van der Waals surface area contributed by atoms with Crippen LogP contribution in [-0.2, 0) is 4.84 Å². The van der Waals surface area contributed by atoms with E-state index in [0.717, 1.165) is 22.7 Å². The molecule has 1 atom stereocenters. The van der Waals surface area contributed by atoms with E-state index < -0.39 is 6.10 Å². The van der Waals surface area contributed by atoms with Crippen LogP contribution in [-0.4, -0.2) is 30.4 Å². The van der Waals surface area contributed by atoms with E-state index >= 15 is 0 Å². The van der Waals surface area contributed by atoms with E-state index in [0.29, 0.717) is 18.5 Å². The normalized spacial score (nSPS) is 17.4. The topological polar surface area (TPSA) is 53.5 Å². The molecular formula is C23H35ClN2O2. The smallest absolute Gasteiger partial charge is 0.102 e. The summed E-state index contributed by atoms with van der Waals surface area (Å²) in [6, 6.07) is 8.23. The third kappa shape index (κ3) is 9.74. The minimum atomic E-state index is -0.527. The highest BCUT2D eigenvalue weighted by Crippen LogP contribution is 2.17. The first kappa shape index (κ1) is 23.0. The number of benzene rings is 1. The molecule has 0 bridgehead atoms. The summed E-state index contributed by atoms with van der Waals surface area (Å²) in [5.41, 5.74) is 4.94. The molecule has 1 aromatic rings. The first-order valence-corrected chi connectivity index (χ1v) is 10.8. The van der Waals surface area contributed by atoms with Gasteiger partial charge in [0.2, 0.25) is 0 Å². The molecule has 0 saturated heterocycles. The van der Waals surface area contributed by atoms with Crippen LogP contribution in [0.2, 0.25) is 5.02 Å². The van der Waals surface area contributed by atoms with Crippen molar-refractivity contribution in [3.63, 3.8) is 0 Å². The van der Waals surface area contributed by atoms with E-state index in [9.17, 15) is 5.11 Å². The lowest BCUT2D eigenvalue weighted by Crippen LogP contribution is -2.39. The van der Waals surface area contributed by atoms with Gasteiger partial charge in [-0.15, -0.1) is 0 Å². The SMILES string of the molecule is CC(C)CC=C(C=Cc1ccc(Cl)cc1)NOC[C@H](O)CNC1CCCCC1. The summed E-state index contributed by atoms with van der Waals surface area (Å²) in [6.45, 7) is 5.17. The van der Waals surface area contributed by atoms with Crippen molar-refractivity contribution < 1.29 is 9.94 Å². The van der Waals surface area contributed by atoms with Crippen molar-refractivity contribution >= 4 is 17.7 Å². The Kier molecular flexibility index (Phi) is 10.7. The Morgan fingerprint density at radius 1 is 1.21 bits per heavy atom. The molecule has 5 heteroatoms. The number of hydroxylamine groups is 1. The third-order valence-corrected chi connectivity index (χ3v) is 5.10. The van der Waals surface area contributed by atoms with E-state index in [4.69, 9.17) is 16.4 Å². The van der Waals surface area contributed by atoms with Gasteiger partial charge in [0.1, 0.15) is 6.61 Å². The molecule has 3 N–H and O–H groups in total. The second kappa shape index (κ2) is 13.0. The maximum atomic E-state index is 10.2. The Morgan fingerprint density at radius 2 is 1.93 bits per heavy atom. The summed E-state index contributed by atoms with van der Waals surface area (Å²) in [5.74, 6) is 0.561. The van der Waals surface area contributed by atoms with Gasteiger partial charge in [0.15, 0.2) is 0 Å². The molecule has 1 saturated carbocycles. The van der Waals surface area contributed by atoms with Crippen LogP contribution in [0.4, 0.5) is 0 Å². The highest BCUT2D eigenvalue weighted by molar-refractivity contribution is 6.30. The second-order valence-corrected chi connectivity index (χ2v) is 8.42. The Hall–Kier alpha value is -1.33. The van der Waals surface area contributed by atoms with Crippen LogP contribution >= 0.6 is 11.6 Å². The van der Waals surface area contributed by atoms with Gasteiger partial charge in [0.05, 0.1) is 11.8 Å². The minimum absolute atomic E-state index is 0.244. The highest BCUT2D eigenvalue weighted by Gasteiger charge is 2.14. The molecule has 0 heterocycles. The molecule has 1 aromatic carbocycles. The van der Waals surface area contributed by atoms with Crippen molar-refractivity contribution in [3.8, 4) is 0 Å². The van der Waals surface area contributed by atoms with Crippen LogP contribution < -0.4 is 10.8 Å². The molecule has 28 heavy (non-hydrogen) atoms. The lowest BCUT2D eigenvalue weighted by Gasteiger charge is -2.24. The average Bonchev–Trinajstić information content (AvgIpc) is 2.70. The Labute approximate surface area is 175 Å². The summed E-state index contributed by atoms with van der Waals surface area (Å²) in [7, 11) is 0. The van der Waals surface area contributed by atoms with Crippen LogP contribution in [0, 0.1) is 5.92 Å². The predicted molar refractivity (Wildman–Crippen MR) is 118 cm³/mol. The highest BCUT2D eigenvalue weighted by atomic mass is 35.5. The molecule has 1 aliphatic rings. The van der Waals surface area contributed by atoms with E-state index in [2.05, 4.69) is 30.7 Å². The van der Waals surface area contributed by atoms with Gasteiger partial charge in [-0.3, -0.25) is 10.3 Å². The molecule has 156 valence electrons. The Morgan fingerprint density at radius 3 is 2.61 bits per heavy atom. The van der Waals surface area contributed by atoms with E-state index in [1.165, 1.54) is 32.1 Å². The minimum Gasteiger partial charge on any atom is -0.389 e. The van der Waals surface area contributed by atoms with Gasteiger partial charge in [-0.25, -0.2) is 0 Å². The van der Waals surface area contributed by atoms with Crippen molar-refractivity contribution in [2.45, 2.75) is 64.5 Å². The number of aliphatic hydroxyl groups is 1. The molecule has 0 amide bonds. The van der Waals surface area contributed by atoms with Gasteiger partial charge < -0.3 is 10.4 Å². The standard InChI is InChI=1S/C23H35ClN2O2/c1-18(2)8-14-22(15-11-19-9-12-20(24)13-10-19)26-28-17-23(27)16-25-21-6-4-3-5-7-21/h9-15,18,21,23,25-27H,3-8,16-17H2,1-2H3/t23-/m1/s1. The second-order valence-electron chi connectivity index (χ2n) is 7.98. The van der Waals surface area contributed by atoms with Crippen LogP contribution in [0.1, 0.15) is 57.9 Å². The molecule has 4 nitrogen and oxygen atoms in total. The van der Waals surface area contributed by atoms with Crippen LogP contribution in [0.5, 0.6) is 0 Å². The Balaban J connectivity index is 1.77. The fourth-order valence-electron chi connectivity index (χ4n) is 3.16. The lowest BCUT2D eigenvalue weighted by molar-refractivity contribution is -0.00493. The maximum absolute atomic E-state index is 10.2. The van der Waals surface area contributed by atoms with Crippen LogP contribution in [0.15, 0.2) is 42.1 Å². The zero-order valence-corrected chi connectivity index (χ0v) is 17.9. The van der Waals surface area contributed by atoms with Crippen molar-refractivity contribution in [2.75, 3.05) is 13.2 Å². The fraction of sp³-hybridized carbons (Fsp3) is 0.565. The molecule has 1 fully saturated rings. The molecule has 0 radical (unpaired) electrons. The van der Waals surface area contributed by atoms with E-state index in [1.807, 2.05) is 36.4 Å². The van der Waals surface area contributed by atoms with Crippen molar-refractivity contribution in [1.82, 2.24) is 10.8 Å². The van der Waals surface area contributed by atoms with Crippen molar-refractivity contribution in [3.05, 3.63) is 52.7 Å². The largest absolute Gasteiger partial charge is 0.389 e. The summed E-state index contributed by atoms with van der Waals surface area (Å²) in [4.78, 5) is 5.56. The van der Waals surface area contributed by atoms with Gasteiger partial charge in [0.25, 0.3) is 0 Å². The average molecular weight is 407 g/mol. The summed E-state index contributed by atoms with van der Waals surface area (Å²) >= 11 is 5.94. The molecule has 0 spiro atoms. The Bertz CT molecular complexity index is 608. The quantitative estimate of drug-likeness (QED) is 0.354. The van der Waals surface area contributed by atoms with Crippen molar-refractivity contribution in [1.29, 1.82) is 0 Å². The third-order valence-electron chi connectivity index (χ3n) is 4.85. The number of aliphatic hydroxyl groups excluding tert-OH is 1. The molecule has 2 rings (SSSR count). The predicted octanol–water partition coefficient (Wildman–Crippen LogP) is 5.09. The van der Waals surface area contributed by atoms with E-state index in [1.54, 1.807) is 0 Å². The molecule has 0 aromatic heterocycles. The first-order chi connectivity index (χ1) is 13.5. The first-order valence-electron chi connectivity index (χ1n) is 10.5. The molecule has 1 aliphatic carbocycles. The summed E-state index contributed by atoms with van der Waals surface area (Å²) in [5, 5.41) is 14.3. The van der Waals surface area contributed by atoms with Crippen molar-refractivity contribution in [2.24, 2.45) is 5.92 Å². The number of nitrogens with one attached hydrogen (secondary N) is 2. The zero-order valence-electron chi connectivity index (χ0n) is 17.2. The monoisotopic (exact) mass is 406 g/mol. The van der Waals surface area contributed by atoms with Gasteiger partial charge in [-0.1, -0.05) is 69.0 Å². The fourth-order valence-corrected chi connectivity index (χ4v) is 3.28. The van der Waals surface area contributed by atoms with Gasteiger partial charge in [-0.2, -0.15) is 0 Å². The summed E-state index contributed by atoms with van der Waals surface area (Å²) < 4.78 is 0. The lowest BCUT2D eigenvalue weighted by atomic mass is 9.95.